The number of anilines is 1. The summed E-state index contributed by atoms with van der Waals surface area (Å²) in [5, 5.41) is 3.78. The van der Waals surface area contributed by atoms with Gasteiger partial charge in [0.2, 0.25) is 0 Å². The molecule has 1 N–H and O–H groups in total. The Balaban J connectivity index is 2.35. The predicted octanol–water partition coefficient (Wildman–Crippen LogP) is 3.52. The zero-order valence-corrected chi connectivity index (χ0v) is 9.44. The minimum atomic E-state index is -0.572. The van der Waals surface area contributed by atoms with Crippen LogP contribution in [0.2, 0.25) is 0 Å². The SMILES string of the molecule is CCNc1ncc(-c2ccc(F)cc2F)s1. The summed E-state index contributed by atoms with van der Waals surface area (Å²) in [6, 6.07) is 3.54. The molecule has 0 bridgehead atoms. The molecule has 0 radical (unpaired) electrons. The van der Waals surface area contributed by atoms with Gasteiger partial charge in [-0.15, -0.1) is 0 Å². The summed E-state index contributed by atoms with van der Waals surface area (Å²) in [4.78, 5) is 4.78. The van der Waals surface area contributed by atoms with Gasteiger partial charge < -0.3 is 5.32 Å². The molecule has 0 aliphatic rings. The van der Waals surface area contributed by atoms with Crippen LogP contribution in [-0.2, 0) is 0 Å². The van der Waals surface area contributed by atoms with E-state index in [1.807, 2.05) is 6.92 Å². The van der Waals surface area contributed by atoms with Crippen LogP contribution in [0.4, 0.5) is 13.9 Å². The molecule has 0 amide bonds. The largest absolute Gasteiger partial charge is 0.362 e. The lowest BCUT2D eigenvalue weighted by molar-refractivity contribution is 0.586. The molecule has 84 valence electrons. The molecule has 2 aromatic rings. The Kier molecular flexibility index (Phi) is 3.14. The van der Waals surface area contributed by atoms with Crippen LogP contribution < -0.4 is 5.32 Å². The number of benzene rings is 1. The summed E-state index contributed by atoms with van der Waals surface area (Å²) >= 11 is 1.35. The molecule has 0 aliphatic heterocycles. The quantitative estimate of drug-likeness (QED) is 0.887. The fourth-order valence-corrected chi connectivity index (χ4v) is 2.23. The average Bonchev–Trinajstić information content (AvgIpc) is 2.67. The first-order valence-electron chi connectivity index (χ1n) is 4.86. The maximum atomic E-state index is 13.4. The van der Waals surface area contributed by atoms with Gasteiger partial charge in [0.05, 0.1) is 4.88 Å². The van der Waals surface area contributed by atoms with E-state index in [0.29, 0.717) is 10.4 Å². The Labute approximate surface area is 96.0 Å². The van der Waals surface area contributed by atoms with Crippen molar-refractivity contribution in [2.45, 2.75) is 6.92 Å². The number of hydrogen-bond donors (Lipinski definition) is 1. The Morgan fingerprint density at radius 1 is 1.38 bits per heavy atom. The van der Waals surface area contributed by atoms with Gasteiger partial charge in [-0.1, -0.05) is 11.3 Å². The molecule has 16 heavy (non-hydrogen) atoms. The molecule has 0 unspecified atom stereocenters. The maximum absolute atomic E-state index is 13.4. The van der Waals surface area contributed by atoms with Crippen LogP contribution in [0, 0.1) is 11.6 Å². The van der Waals surface area contributed by atoms with E-state index in [2.05, 4.69) is 10.3 Å². The molecule has 0 fully saturated rings. The van der Waals surface area contributed by atoms with E-state index >= 15 is 0 Å². The maximum Gasteiger partial charge on any atom is 0.183 e. The third kappa shape index (κ3) is 2.19. The monoisotopic (exact) mass is 240 g/mol. The van der Waals surface area contributed by atoms with Gasteiger partial charge in [0.15, 0.2) is 5.13 Å². The minimum absolute atomic E-state index is 0.378. The number of nitrogens with zero attached hydrogens (tertiary/aromatic N) is 1. The van der Waals surface area contributed by atoms with E-state index < -0.39 is 11.6 Å². The van der Waals surface area contributed by atoms with Gasteiger partial charge in [0, 0.05) is 24.4 Å². The Morgan fingerprint density at radius 3 is 2.88 bits per heavy atom. The fourth-order valence-electron chi connectivity index (χ4n) is 1.32. The van der Waals surface area contributed by atoms with Crippen LogP contribution in [0.1, 0.15) is 6.92 Å². The summed E-state index contributed by atoms with van der Waals surface area (Å²) in [7, 11) is 0. The smallest absolute Gasteiger partial charge is 0.183 e. The highest BCUT2D eigenvalue weighted by molar-refractivity contribution is 7.18. The van der Waals surface area contributed by atoms with Crippen LogP contribution in [-0.4, -0.2) is 11.5 Å². The zero-order valence-electron chi connectivity index (χ0n) is 8.63. The van der Waals surface area contributed by atoms with Gasteiger partial charge in [0.1, 0.15) is 11.6 Å². The molecule has 0 atom stereocenters. The highest BCUT2D eigenvalue weighted by atomic mass is 32.1. The van der Waals surface area contributed by atoms with Crippen molar-refractivity contribution in [1.29, 1.82) is 0 Å². The molecule has 1 heterocycles. The third-order valence-electron chi connectivity index (χ3n) is 2.03. The molecule has 0 saturated heterocycles. The Bertz CT molecular complexity index is 496. The summed E-state index contributed by atoms with van der Waals surface area (Å²) in [6.45, 7) is 2.72. The van der Waals surface area contributed by atoms with Gasteiger partial charge in [-0.2, -0.15) is 0 Å². The summed E-state index contributed by atoms with van der Waals surface area (Å²) in [5.74, 6) is -1.13. The predicted molar refractivity (Wildman–Crippen MR) is 61.6 cm³/mol. The second kappa shape index (κ2) is 4.57. The van der Waals surface area contributed by atoms with Gasteiger partial charge >= 0.3 is 0 Å². The summed E-state index contributed by atoms with van der Waals surface area (Å²) < 4.78 is 26.2. The van der Waals surface area contributed by atoms with E-state index in [9.17, 15) is 8.78 Å². The summed E-state index contributed by atoms with van der Waals surface area (Å²) in [6.07, 6.45) is 1.58. The first-order valence-corrected chi connectivity index (χ1v) is 5.67. The van der Waals surface area contributed by atoms with Gasteiger partial charge in [-0.05, 0) is 19.1 Å². The van der Waals surface area contributed by atoms with Crippen molar-refractivity contribution in [3.8, 4) is 10.4 Å². The third-order valence-corrected chi connectivity index (χ3v) is 3.02. The highest BCUT2D eigenvalue weighted by Crippen LogP contribution is 2.30. The van der Waals surface area contributed by atoms with Crippen molar-refractivity contribution >= 4 is 16.5 Å². The molecule has 0 spiro atoms. The van der Waals surface area contributed by atoms with Crippen molar-refractivity contribution in [3.05, 3.63) is 36.0 Å². The number of rotatable bonds is 3. The minimum Gasteiger partial charge on any atom is -0.362 e. The standard InChI is InChI=1S/C11H10F2N2S/c1-2-14-11-15-6-10(16-11)8-4-3-7(12)5-9(8)13/h3-6H,2H2,1H3,(H,14,15). The van der Waals surface area contributed by atoms with Crippen molar-refractivity contribution in [2.75, 3.05) is 11.9 Å². The summed E-state index contributed by atoms with van der Waals surface area (Å²) in [5.41, 5.74) is 0.378. The van der Waals surface area contributed by atoms with E-state index in [0.717, 1.165) is 17.7 Å². The topological polar surface area (TPSA) is 24.9 Å². The number of halogens is 2. The van der Waals surface area contributed by atoms with E-state index in [1.54, 1.807) is 6.20 Å². The zero-order chi connectivity index (χ0) is 11.5. The first-order chi connectivity index (χ1) is 7.70. The fraction of sp³-hybridized carbons (Fsp3) is 0.182. The van der Waals surface area contributed by atoms with Crippen LogP contribution in [0.25, 0.3) is 10.4 Å². The Morgan fingerprint density at radius 2 is 2.19 bits per heavy atom. The van der Waals surface area contributed by atoms with Crippen molar-refractivity contribution in [2.24, 2.45) is 0 Å². The molecular formula is C11H10F2N2S. The molecule has 1 aromatic carbocycles. The normalized spacial score (nSPS) is 10.4. The first kappa shape index (κ1) is 11.0. The molecule has 0 aliphatic carbocycles. The van der Waals surface area contributed by atoms with Gasteiger partial charge in [-0.3, -0.25) is 0 Å². The molecule has 1 aromatic heterocycles. The van der Waals surface area contributed by atoms with Gasteiger partial charge in [-0.25, -0.2) is 13.8 Å². The number of nitrogens with one attached hydrogen (secondary N) is 1. The van der Waals surface area contributed by atoms with E-state index in [-0.39, 0.29) is 0 Å². The van der Waals surface area contributed by atoms with Crippen molar-refractivity contribution < 1.29 is 8.78 Å². The molecule has 2 nitrogen and oxygen atoms in total. The van der Waals surface area contributed by atoms with E-state index in [4.69, 9.17) is 0 Å². The van der Waals surface area contributed by atoms with Crippen molar-refractivity contribution in [3.63, 3.8) is 0 Å². The lowest BCUT2D eigenvalue weighted by atomic mass is 10.2. The second-order valence-corrected chi connectivity index (χ2v) is 4.21. The molecular weight excluding hydrogens is 230 g/mol. The highest BCUT2D eigenvalue weighted by Gasteiger charge is 2.09. The van der Waals surface area contributed by atoms with Crippen molar-refractivity contribution in [1.82, 2.24) is 4.98 Å². The molecule has 0 saturated carbocycles. The molecule has 5 heteroatoms. The number of hydrogen-bond acceptors (Lipinski definition) is 3. The Hall–Kier alpha value is -1.49. The van der Waals surface area contributed by atoms with Crippen LogP contribution in [0.15, 0.2) is 24.4 Å². The number of aromatic nitrogens is 1. The number of thiazole rings is 1. The van der Waals surface area contributed by atoms with Crippen LogP contribution in [0.5, 0.6) is 0 Å². The lowest BCUT2D eigenvalue weighted by Gasteiger charge is -1.99. The van der Waals surface area contributed by atoms with Crippen LogP contribution in [0.3, 0.4) is 0 Å². The lowest BCUT2D eigenvalue weighted by Crippen LogP contribution is -1.94. The van der Waals surface area contributed by atoms with Gasteiger partial charge in [0.25, 0.3) is 0 Å². The van der Waals surface area contributed by atoms with Crippen LogP contribution >= 0.6 is 11.3 Å². The second-order valence-electron chi connectivity index (χ2n) is 3.18. The molecule has 2 rings (SSSR count). The van der Waals surface area contributed by atoms with E-state index in [1.165, 1.54) is 23.5 Å². The average molecular weight is 240 g/mol.